The molecule has 0 saturated heterocycles. The number of amides is 1. The van der Waals surface area contributed by atoms with Crippen LogP contribution in [0.25, 0.3) is 0 Å². The molecule has 1 amide bonds. The molecule has 17 heavy (non-hydrogen) atoms. The normalized spacial score (nSPS) is 11.1. The summed E-state index contributed by atoms with van der Waals surface area (Å²) < 4.78 is 0. The summed E-state index contributed by atoms with van der Waals surface area (Å²) in [5, 5.41) is 11.7. The Kier molecular flexibility index (Phi) is 3.56. The van der Waals surface area contributed by atoms with Gasteiger partial charge in [0.25, 0.3) is 0 Å². The van der Waals surface area contributed by atoms with Crippen LogP contribution < -0.4 is 5.32 Å². The van der Waals surface area contributed by atoms with Gasteiger partial charge in [-0.2, -0.15) is 0 Å². The van der Waals surface area contributed by atoms with Gasteiger partial charge in [-0.3, -0.25) is 4.79 Å². The van der Waals surface area contributed by atoms with E-state index >= 15 is 0 Å². The number of benzene rings is 1. The van der Waals surface area contributed by atoms with E-state index in [-0.39, 0.29) is 11.5 Å². The largest absolute Gasteiger partial charge is 0.478 e. The highest BCUT2D eigenvalue weighted by Crippen LogP contribution is 2.22. The number of hydrogen-bond acceptors (Lipinski definition) is 2. The average Bonchev–Trinajstić information content (AvgIpc) is 2.19. The van der Waals surface area contributed by atoms with Crippen molar-refractivity contribution < 1.29 is 14.7 Å². The molecule has 0 aliphatic heterocycles. The molecule has 2 N–H and O–H groups in total. The maximum absolute atomic E-state index is 11.8. The summed E-state index contributed by atoms with van der Waals surface area (Å²) in [5.41, 5.74) is 0.810. The maximum atomic E-state index is 11.8. The van der Waals surface area contributed by atoms with E-state index in [9.17, 15) is 9.59 Å². The fourth-order valence-corrected chi connectivity index (χ4v) is 1.31. The molecule has 4 nitrogen and oxygen atoms in total. The molecular formula is C13H17NO3. The molecule has 0 heterocycles. The number of carboxylic acid groups (broad SMARTS) is 1. The summed E-state index contributed by atoms with van der Waals surface area (Å²) in [7, 11) is 0. The van der Waals surface area contributed by atoms with Crippen LogP contribution >= 0.6 is 0 Å². The molecule has 0 saturated carbocycles. The van der Waals surface area contributed by atoms with E-state index in [0.29, 0.717) is 11.3 Å². The van der Waals surface area contributed by atoms with Gasteiger partial charge in [-0.15, -0.1) is 0 Å². The Labute approximate surface area is 101 Å². The van der Waals surface area contributed by atoms with Gasteiger partial charge in [0, 0.05) is 11.1 Å². The highest BCUT2D eigenvalue weighted by molar-refractivity contribution is 5.98. The van der Waals surface area contributed by atoms with E-state index in [1.165, 1.54) is 6.07 Å². The van der Waals surface area contributed by atoms with Crippen molar-refractivity contribution in [1.82, 2.24) is 0 Å². The summed E-state index contributed by atoms with van der Waals surface area (Å²) in [4.78, 5) is 22.8. The molecule has 1 aromatic rings. The summed E-state index contributed by atoms with van der Waals surface area (Å²) in [6.07, 6.45) is 0. The molecule has 0 atom stereocenters. The zero-order chi connectivity index (χ0) is 13.2. The standard InChI is InChI=1S/C13H17NO3/c1-8-9(11(15)16)6-5-7-10(8)14-12(17)13(2,3)4/h5-7H,1-4H3,(H,14,17)(H,15,16). The quantitative estimate of drug-likeness (QED) is 0.828. The first-order valence-electron chi connectivity index (χ1n) is 5.38. The Balaban J connectivity index is 3.05. The Hall–Kier alpha value is -1.84. The first-order valence-corrected chi connectivity index (χ1v) is 5.38. The number of hydrogen-bond donors (Lipinski definition) is 2. The fourth-order valence-electron chi connectivity index (χ4n) is 1.31. The van der Waals surface area contributed by atoms with Crippen molar-refractivity contribution in [1.29, 1.82) is 0 Å². The Morgan fingerprint density at radius 3 is 2.29 bits per heavy atom. The van der Waals surface area contributed by atoms with E-state index in [0.717, 1.165) is 0 Å². The van der Waals surface area contributed by atoms with E-state index < -0.39 is 11.4 Å². The maximum Gasteiger partial charge on any atom is 0.336 e. The number of carbonyl (C=O) groups is 2. The topological polar surface area (TPSA) is 66.4 Å². The number of carbonyl (C=O) groups excluding carboxylic acids is 1. The van der Waals surface area contributed by atoms with Crippen molar-refractivity contribution in [3.05, 3.63) is 29.3 Å². The number of rotatable bonds is 2. The van der Waals surface area contributed by atoms with Crippen molar-refractivity contribution in [3.8, 4) is 0 Å². The summed E-state index contributed by atoms with van der Waals surface area (Å²) in [6.45, 7) is 7.10. The summed E-state index contributed by atoms with van der Waals surface area (Å²) in [5.74, 6) is -1.13. The van der Waals surface area contributed by atoms with Gasteiger partial charge in [0.2, 0.25) is 5.91 Å². The highest BCUT2D eigenvalue weighted by atomic mass is 16.4. The number of aromatic carboxylic acids is 1. The Bertz CT molecular complexity index is 458. The minimum absolute atomic E-state index is 0.136. The molecule has 0 aromatic heterocycles. The third-order valence-electron chi connectivity index (χ3n) is 2.49. The minimum atomic E-state index is -0.991. The van der Waals surface area contributed by atoms with E-state index in [1.807, 2.05) is 0 Å². The van der Waals surface area contributed by atoms with Crippen LogP contribution in [0.3, 0.4) is 0 Å². The van der Waals surface area contributed by atoms with Crippen molar-refractivity contribution >= 4 is 17.6 Å². The van der Waals surface area contributed by atoms with Gasteiger partial charge in [-0.05, 0) is 24.6 Å². The lowest BCUT2D eigenvalue weighted by molar-refractivity contribution is -0.123. The summed E-state index contributed by atoms with van der Waals surface area (Å²) >= 11 is 0. The molecule has 1 aromatic carbocycles. The van der Waals surface area contributed by atoms with E-state index in [4.69, 9.17) is 5.11 Å². The van der Waals surface area contributed by atoms with Crippen molar-refractivity contribution in [2.24, 2.45) is 5.41 Å². The average molecular weight is 235 g/mol. The van der Waals surface area contributed by atoms with E-state index in [1.54, 1.807) is 39.8 Å². The van der Waals surface area contributed by atoms with Crippen molar-refractivity contribution in [2.45, 2.75) is 27.7 Å². The molecular weight excluding hydrogens is 218 g/mol. The smallest absolute Gasteiger partial charge is 0.336 e. The van der Waals surface area contributed by atoms with Gasteiger partial charge in [0.1, 0.15) is 0 Å². The second kappa shape index (κ2) is 4.57. The van der Waals surface area contributed by atoms with Gasteiger partial charge >= 0.3 is 5.97 Å². The first-order chi connectivity index (χ1) is 7.73. The molecule has 0 aliphatic carbocycles. The molecule has 0 bridgehead atoms. The predicted molar refractivity (Wildman–Crippen MR) is 66.2 cm³/mol. The number of nitrogens with one attached hydrogen (secondary N) is 1. The molecule has 0 aliphatic rings. The van der Waals surface area contributed by atoms with Crippen LogP contribution in [0.2, 0.25) is 0 Å². The molecule has 4 heteroatoms. The van der Waals surface area contributed by atoms with Crippen molar-refractivity contribution in [3.63, 3.8) is 0 Å². The molecule has 0 spiro atoms. The van der Waals surface area contributed by atoms with Crippen LogP contribution in [0.1, 0.15) is 36.7 Å². The van der Waals surface area contributed by atoms with Gasteiger partial charge < -0.3 is 10.4 Å². The Morgan fingerprint density at radius 2 is 1.82 bits per heavy atom. The second-order valence-corrected chi connectivity index (χ2v) is 4.99. The zero-order valence-corrected chi connectivity index (χ0v) is 10.5. The third kappa shape index (κ3) is 3.06. The fraction of sp³-hybridized carbons (Fsp3) is 0.385. The lowest BCUT2D eigenvalue weighted by atomic mass is 9.95. The molecule has 0 unspecified atom stereocenters. The van der Waals surface area contributed by atoms with Crippen molar-refractivity contribution in [2.75, 3.05) is 5.32 Å². The monoisotopic (exact) mass is 235 g/mol. The lowest BCUT2D eigenvalue weighted by Gasteiger charge is -2.19. The first kappa shape index (κ1) is 13.2. The Morgan fingerprint density at radius 1 is 1.24 bits per heavy atom. The minimum Gasteiger partial charge on any atom is -0.478 e. The van der Waals surface area contributed by atoms with Gasteiger partial charge in [-0.25, -0.2) is 4.79 Å². The molecule has 0 radical (unpaired) electrons. The highest BCUT2D eigenvalue weighted by Gasteiger charge is 2.22. The van der Waals surface area contributed by atoms with Crippen LogP contribution in [0.5, 0.6) is 0 Å². The number of carboxylic acids is 1. The zero-order valence-electron chi connectivity index (χ0n) is 10.5. The van der Waals surface area contributed by atoms with Gasteiger partial charge in [0.15, 0.2) is 0 Å². The van der Waals surface area contributed by atoms with Crippen LogP contribution in [-0.2, 0) is 4.79 Å². The molecule has 1 rings (SSSR count). The van der Waals surface area contributed by atoms with Gasteiger partial charge in [-0.1, -0.05) is 26.8 Å². The third-order valence-corrected chi connectivity index (χ3v) is 2.49. The van der Waals surface area contributed by atoms with Crippen LogP contribution in [0.4, 0.5) is 5.69 Å². The predicted octanol–water partition coefficient (Wildman–Crippen LogP) is 2.68. The SMILES string of the molecule is Cc1c(NC(=O)C(C)(C)C)cccc1C(=O)O. The lowest BCUT2D eigenvalue weighted by Crippen LogP contribution is -2.28. The molecule has 0 fully saturated rings. The van der Waals surface area contributed by atoms with E-state index in [2.05, 4.69) is 5.32 Å². The van der Waals surface area contributed by atoms with Crippen LogP contribution in [0, 0.1) is 12.3 Å². The second-order valence-electron chi connectivity index (χ2n) is 4.99. The molecule has 92 valence electrons. The van der Waals surface area contributed by atoms with Crippen LogP contribution in [0.15, 0.2) is 18.2 Å². The summed E-state index contributed by atoms with van der Waals surface area (Å²) in [6, 6.07) is 4.84. The van der Waals surface area contributed by atoms with Gasteiger partial charge in [0.05, 0.1) is 5.56 Å². The van der Waals surface area contributed by atoms with Crippen LogP contribution in [-0.4, -0.2) is 17.0 Å². The number of anilines is 1.